The van der Waals surface area contributed by atoms with E-state index in [0.29, 0.717) is 11.6 Å². The molecule has 0 heterocycles. The van der Waals surface area contributed by atoms with Gasteiger partial charge in [-0.1, -0.05) is 19.8 Å². The average Bonchev–Trinajstić information content (AvgIpc) is 2.42. The third-order valence-corrected chi connectivity index (χ3v) is 3.26. The first-order valence-electron chi connectivity index (χ1n) is 6.98. The van der Waals surface area contributed by atoms with Gasteiger partial charge in [-0.2, -0.15) is 5.26 Å². The van der Waals surface area contributed by atoms with E-state index in [0.717, 1.165) is 24.4 Å². The lowest BCUT2D eigenvalue weighted by molar-refractivity contribution is 0.414. The van der Waals surface area contributed by atoms with E-state index in [-0.39, 0.29) is 0 Å². The second kappa shape index (κ2) is 7.68. The maximum atomic E-state index is 9.27. The van der Waals surface area contributed by atoms with Crippen molar-refractivity contribution in [3.8, 4) is 11.8 Å². The Morgan fingerprint density at radius 3 is 2.58 bits per heavy atom. The van der Waals surface area contributed by atoms with Crippen molar-refractivity contribution >= 4 is 5.69 Å². The standard InChI is InChI=1S/C16H24N2O/c1-5-6-7-10-18(13(2)3)16-11-15(19-4)9-8-14(16)12-17/h8-9,11,13H,5-7,10H2,1-4H3. The van der Waals surface area contributed by atoms with E-state index in [1.165, 1.54) is 12.8 Å². The SMILES string of the molecule is CCCCCN(c1cc(OC)ccc1C#N)C(C)C. The summed E-state index contributed by atoms with van der Waals surface area (Å²) in [5.74, 6) is 0.801. The number of benzene rings is 1. The van der Waals surface area contributed by atoms with Crippen LogP contribution >= 0.6 is 0 Å². The van der Waals surface area contributed by atoms with Gasteiger partial charge in [-0.25, -0.2) is 0 Å². The third-order valence-electron chi connectivity index (χ3n) is 3.26. The van der Waals surface area contributed by atoms with E-state index in [1.807, 2.05) is 18.2 Å². The first-order chi connectivity index (χ1) is 9.13. The highest BCUT2D eigenvalue weighted by Gasteiger charge is 2.15. The Morgan fingerprint density at radius 2 is 2.05 bits per heavy atom. The van der Waals surface area contributed by atoms with E-state index < -0.39 is 0 Å². The molecule has 0 aromatic heterocycles. The van der Waals surface area contributed by atoms with Crippen LogP contribution in [0.15, 0.2) is 18.2 Å². The Kier molecular flexibility index (Phi) is 6.21. The topological polar surface area (TPSA) is 36.3 Å². The quantitative estimate of drug-likeness (QED) is 0.696. The minimum absolute atomic E-state index is 0.371. The maximum Gasteiger partial charge on any atom is 0.121 e. The van der Waals surface area contributed by atoms with E-state index >= 15 is 0 Å². The Labute approximate surface area is 116 Å². The Balaban J connectivity index is 3.03. The summed E-state index contributed by atoms with van der Waals surface area (Å²) in [6, 6.07) is 8.29. The van der Waals surface area contributed by atoms with Crippen molar-refractivity contribution in [1.29, 1.82) is 5.26 Å². The molecule has 0 fully saturated rings. The molecule has 0 aliphatic heterocycles. The highest BCUT2D eigenvalue weighted by atomic mass is 16.5. The van der Waals surface area contributed by atoms with E-state index in [1.54, 1.807) is 7.11 Å². The summed E-state index contributed by atoms with van der Waals surface area (Å²) >= 11 is 0. The van der Waals surface area contributed by atoms with Crippen molar-refractivity contribution in [3.63, 3.8) is 0 Å². The zero-order valence-corrected chi connectivity index (χ0v) is 12.4. The van der Waals surface area contributed by atoms with Crippen LogP contribution in [0, 0.1) is 11.3 Å². The van der Waals surface area contributed by atoms with Gasteiger partial charge in [-0.15, -0.1) is 0 Å². The predicted octanol–water partition coefficient (Wildman–Crippen LogP) is 3.97. The summed E-state index contributed by atoms with van der Waals surface area (Å²) in [6.45, 7) is 7.50. The molecule has 0 aliphatic rings. The highest BCUT2D eigenvalue weighted by Crippen LogP contribution is 2.27. The highest BCUT2D eigenvalue weighted by molar-refractivity contribution is 5.62. The third kappa shape index (κ3) is 4.17. The molecule has 3 heteroatoms. The van der Waals surface area contributed by atoms with Gasteiger partial charge >= 0.3 is 0 Å². The number of methoxy groups -OCH3 is 1. The predicted molar refractivity (Wildman–Crippen MR) is 79.7 cm³/mol. The number of nitrogens with zero attached hydrogens (tertiary/aromatic N) is 2. The molecule has 104 valence electrons. The molecule has 0 N–H and O–H groups in total. The molecule has 0 atom stereocenters. The Morgan fingerprint density at radius 1 is 1.32 bits per heavy atom. The summed E-state index contributed by atoms with van der Waals surface area (Å²) in [5.41, 5.74) is 1.69. The molecule has 0 saturated heterocycles. The minimum Gasteiger partial charge on any atom is -0.497 e. The number of unbranched alkanes of at least 4 members (excludes halogenated alkanes) is 2. The molecule has 0 unspecified atom stereocenters. The number of hydrogen-bond acceptors (Lipinski definition) is 3. The lowest BCUT2D eigenvalue weighted by Crippen LogP contribution is -2.32. The molecule has 0 bridgehead atoms. The van der Waals surface area contributed by atoms with Crippen LogP contribution in [0.25, 0.3) is 0 Å². The molecule has 0 radical (unpaired) electrons. The fraction of sp³-hybridized carbons (Fsp3) is 0.562. The number of nitriles is 1. The van der Waals surface area contributed by atoms with Crippen molar-refractivity contribution < 1.29 is 4.74 Å². The lowest BCUT2D eigenvalue weighted by Gasteiger charge is -2.30. The fourth-order valence-electron chi connectivity index (χ4n) is 2.16. The van der Waals surface area contributed by atoms with Crippen LogP contribution in [0.3, 0.4) is 0 Å². The van der Waals surface area contributed by atoms with Crippen LogP contribution in [0.1, 0.15) is 45.6 Å². The van der Waals surface area contributed by atoms with Crippen molar-refractivity contribution in [1.82, 2.24) is 0 Å². The molecular formula is C16H24N2O. The van der Waals surface area contributed by atoms with Gasteiger partial charge in [-0.3, -0.25) is 0 Å². The average molecular weight is 260 g/mol. The molecule has 1 rings (SSSR count). The maximum absolute atomic E-state index is 9.27. The number of ether oxygens (including phenoxy) is 1. The van der Waals surface area contributed by atoms with Gasteiger partial charge in [0.1, 0.15) is 11.8 Å². The van der Waals surface area contributed by atoms with Gasteiger partial charge in [0.2, 0.25) is 0 Å². The number of anilines is 1. The largest absolute Gasteiger partial charge is 0.497 e. The molecule has 1 aromatic rings. The molecule has 0 amide bonds. The van der Waals surface area contributed by atoms with E-state index in [2.05, 4.69) is 31.7 Å². The van der Waals surface area contributed by atoms with Crippen LogP contribution in [0.2, 0.25) is 0 Å². The molecule has 19 heavy (non-hydrogen) atoms. The first kappa shape index (κ1) is 15.4. The van der Waals surface area contributed by atoms with Crippen LogP contribution in [-0.4, -0.2) is 19.7 Å². The van der Waals surface area contributed by atoms with Gasteiger partial charge in [0, 0.05) is 18.7 Å². The van der Waals surface area contributed by atoms with Crippen LogP contribution < -0.4 is 9.64 Å². The summed E-state index contributed by atoms with van der Waals surface area (Å²) in [5, 5.41) is 9.27. The Bertz CT molecular complexity index is 435. The molecule has 0 saturated carbocycles. The van der Waals surface area contributed by atoms with Crippen LogP contribution in [0.5, 0.6) is 5.75 Å². The van der Waals surface area contributed by atoms with Gasteiger partial charge in [0.05, 0.1) is 18.4 Å². The minimum atomic E-state index is 0.371. The summed E-state index contributed by atoms with van der Waals surface area (Å²) in [7, 11) is 1.65. The Hall–Kier alpha value is -1.69. The molecule has 0 spiro atoms. The van der Waals surface area contributed by atoms with E-state index in [9.17, 15) is 5.26 Å². The smallest absolute Gasteiger partial charge is 0.121 e. The molecular weight excluding hydrogens is 236 g/mol. The lowest BCUT2D eigenvalue weighted by atomic mass is 10.1. The van der Waals surface area contributed by atoms with Gasteiger partial charge < -0.3 is 9.64 Å². The van der Waals surface area contributed by atoms with Gasteiger partial charge in [-0.05, 0) is 32.4 Å². The second-order valence-electron chi connectivity index (χ2n) is 4.99. The molecule has 3 nitrogen and oxygen atoms in total. The van der Waals surface area contributed by atoms with Crippen molar-refractivity contribution in [2.75, 3.05) is 18.6 Å². The summed E-state index contributed by atoms with van der Waals surface area (Å²) in [6.07, 6.45) is 3.57. The zero-order valence-electron chi connectivity index (χ0n) is 12.4. The number of rotatable bonds is 7. The second-order valence-corrected chi connectivity index (χ2v) is 4.99. The van der Waals surface area contributed by atoms with Crippen LogP contribution in [0.4, 0.5) is 5.69 Å². The van der Waals surface area contributed by atoms with Gasteiger partial charge in [0.15, 0.2) is 0 Å². The van der Waals surface area contributed by atoms with Crippen molar-refractivity contribution in [2.45, 2.75) is 46.1 Å². The monoisotopic (exact) mass is 260 g/mol. The van der Waals surface area contributed by atoms with Crippen LogP contribution in [-0.2, 0) is 0 Å². The first-order valence-corrected chi connectivity index (χ1v) is 6.98. The van der Waals surface area contributed by atoms with Crippen molar-refractivity contribution in [2.24, 2.45) is 0 Å². The van der Waals surface area contributed by atoms with Crippen molar-refractivity contribution in [3.05, 3.63) is 23.8 Å². The fourth-order valence-corrected chi connectivity index (χ4v) is 2.16. The van der Waals surface area contributed by atoms with E-state index in [4.69, 9.17) is 4.74 Å². The zero-order chi connectivity index (χ0) is 14.3. The molecule has 1 aromatic carbocycles. The summed E-state index contributed by atoms with van der Waals surface area (Å²) in [4.78, 5) is 2.29. The summed E-state index contributed by atoms with van der Waals surface area (Å²) < 4.78 is 5.27. The number of hydrogen-bond donors (Lipinski definition) is 0. The van der Waals surface area contributed by atoms with Gasteiger partial charge in [0.25, 0.3) is 0 Å². The molecule has 0 aliphatic carbocycles. The normalized spacial score (nSPS) is 10.3.